The van der Waals surface area contributed by atoms with Crippen LogP contribution in [0.15, 0.2) is 0 Å². The van der Waals surface area contributed by atoms with E-state index in [0.29, 0.717) is 11.9 Å². The first-order chi connectivity index (χ1) is 4.36. The first kappa shape index (κ1) is 7.76. The van der Waals surface area contributed by atoms with Crippen LogP contribution in [0.3, 0.4) is 0 Å². The molecule has 1 rings (SSSR count). The van der Waals surface area contributed by atoms with Gasteiger partial charge >= 0.3 is 0 Å². The van der Waals surface area contributed by atoms with Gasteiger partial charge in [-0.25, -0.2) is 0 Å². The highest BCUT2D eigenvalue weighted by atomic mass is 32.2. The van der Waals surface area contributed by atoms with Crippen molar-refractivity contribution in [2.24, 2.45) is 0 Å². The second-order valence-electron chi connectivity index (χ2n) is 2.18. The molecule has 0 aromatic rings. The van der Waals surface area contributed by atoms with Gasteiger partial charge in [0.05, 0.1) is 11.2 Å². The lowest BCUT2D eigenvalue weighted by Crippen LogP contribution is -2.01. The molecule has 2 atom stereocenters. The second kappa shape index (κ2) is 3.74. The van der Waals surface area contributed by atoms with Gasteiger partial charge in [0, 0.05) is 5.25 Å². The van der Waals surface area contributed by atoms with Crippen molar-refractivity contribution in [1.82, 2.24) is 0 Å². The summed E-state index contributed by atoms with van der Waals surface area (Å²) in [6.45, 7) is 0.363. The number of rotatable bonds is 2. The van der Waals surface area contributed by atoms with Crippen molar-refractivity contribution in [3.8, 4) is 0 Å². The summed E-state index contributed by atoms with van der Waals surface area (Å²) < 4.78 is 0.752. The summed E-state index contributed by atoms with van der Waals surface area (Å²) in [5.74, 6) is 0. The van der Waals surface area contributed by atoms with Crippen molar-refractivity contribution in [1.29, 1.82) is 0 Å². The lowest BCUT2D eigenvalue weighted by molar-refractivity contribution is 0.293. The number of aliphatic hydroxyl groups is 1. The summed E-state index contributed by atoms with van der Waals surface area (Å²) in [4.78, 5) is 0. The Kier molecular flexibility index (Phi) is 3.22. The number of hydrogen-bond acceptors (Lipinski definition) is 3. The molecule has 0 radical (unpaired) electrons. The van der Waals surface area contributed by atoms with E-state index in [-0.39, 0.29) is 0 Å². The van der Waals surface area contributed by atoms with Gasteiger partial charge in [0.25, 0.3) is 0 Å². The molecule has 0 amide bonds. The van der Waals surface area contributed by atoms with Crippen molar-refractivity contribution in [2.75, 3.05) is 12.9 Å². The van der Waals surface area contributed by atoms with Crippen LogP contribution in [0.2, 0.25) is 0 Å². The summed E-state index contributed by atoms with van der Waals surface area (Å²) in [6.07, 6.45) is 4.61. The monoisotopic (exact) mass is 164 g/mol. The second-order valence-corrected chi connectivity index (χ2v) is 5.03. The van der Waals surface area contributed by atoms with Crippen LogP contribution in [0.4, 0.5) is 0 Å². The lowest BCUT2D eigenvalue weighted by Gasteiger charge is -2.04. The van der Waals surface area contributed by atoms with Crippen LogP contribution < -0.4 is 0 Å². The van der Waals surface area contributed by atoms with Crippen LogP contribution in [-0.4, -0.2) is 27.8 Å². The average Bonchev–Trinajstić information content (AvgIpc) is 2.34. The minimum absolute atomic E-state index is 0.363. The Hall–Kier alpha value is 0.660. The van der Waals surface area contributed by atoms with Gasteiger partial charge in [-0.3, -0.25) is 0 Å². The Morgan fingerprint density at radius 2 is 2.44 bits per heavy atom. The maximum Gasteiger partial charge on any atom is 0.0550 e. The molecular weight excluding hydrogens is 152 g/mol. The number of aliphatic hydroxyl groups excluding tert-OH is 1. The van der Waals surface area contributed by atoms with Gasteiger partial charge in [0.2, 0.25) is 0 Å². The topological polar surface area (TPSA) is 20.2 Å². The molecule has 1 nitrogen and oxygen atoms in total. The molecule has 0 spiro atoms. The summed E-state index contributed by atoms with van der Waals surface area (Å²) in [6, 6.07) is 0. The van der Waals surface area contributed by atoms with E-state index in [9.17, 15) is 0 Å². The quantitative estimate of drug-likeness (QED) is 0.669. The van der Waals surface area contributed by atoms with Gasteiger partial charge in [-0.2, -0.15) is 11.8 Å². The van der Waals surface area contributed by atoms with E-state index >= 15 is 0 Å². The smallest absolute Gasteiger partial charge is 0.0550 e. The summed E-state index contributed by atoms with van der Waals surface area (Å²) >= 11 is 3.83. The van der Waals surface area contributed by atoms with Crippen molar-refractivity contribution in [3.63, 3.8) is 0 Å². The Morgan fingerprint density at radius 1 is 1.67 bits per heavy atom. The minimum atomic E-state index is 0.363. The summed E-state index contributed by atoms with van der Waals surface area (Å²) in [5.41, 5.74) is 0. The normalized spacial score (nSPS) is 35.3. The molecule has 0 aromatic carbocycles. The van der Waals surface area contributed by atoms with Crippen molar-refractivity contribution in [2.45, 2.75) is 22.7 Å². The van der Waals surface area contributed by atoms with Crippen molar-refractivity contribution in [3.05, 3.63) is 0 Å². The molecule has 1 saturated heterocycles. The highest BCUT2D eigenvalue weighted by molar-refractivity contribution is 8.17. The van der Waals surface area contributed by atoms with E-state index in [1.807, 2.05) is 23.5 Å². The molecule has 1 aliphatic rings. The predicted octanol–water partition coefficient (Wildman–Crippen LogP) is 1.56. The maximum absolute atomic E-state index is 8.75. The number of thioether (sulfide) groups is 2. The largest absolute Gasteiger partial charge is 0.395 e. The van der Waals surface area contributed by atoms with Crippen LogP contribution in [0.5, 0.6) is 0 Å². The molecule has 1 fully saturated rings. The van der Waals surface area contributed by atoms with E-state index in [2.05, 4.69) is 6.26 Å². The van der Waals surface area contributed by atoms with Crippen LogP contribution >= 0.6 is 23.5 Å². The van der Waals surface area contributed by atoms with E-state index in [1.54, 1.807) is 0 Å². The van der Waals surface area contributed by atoms with Gasteiger partial charge in [0.1, 0.15) is 0 Å². The molecule has 0 bridgehead atoms. The molecule has 2 unspecified atom stereocenters. The Bertz CT molecular complexity index is 77.1. The minimum Gasteiger partial charge on any atom is -0.395 e. The van der Waals surface area contributed by atoms with Crippen LogP contribution in [0.1, 0.15) is 12.8 Å². The molecule has 1 heterocycles. The SMILES string of the molecule is CSC1CCC(CO)S1. The van der Waals surface area contributed by atoms with Gasteiger partial charge in [-0.15, -0.1) is 11.8 Å². The fourth-order valence-corrected chi connectivity index (χ4v) is 3.33. The molecule has 1 aliphatic heterocycles. The van der Waals surface area contributed by atoms with Gasteiger partial charge in [-0.05, 0) is 19.1 Å². The molecular formula is C6H12OS2. The highest BCUT2D eigenvalue weighted by Gasteiger charge is 2.23. The van der Waals surface area contributed by atoms with E-state index in [1.165, 1.54) is 12.8 Å². The Labute approximate surface area is 64.6 Å². The molecule has 9 heavy (non-hydrogen) atoms. The Morgan fingerprint density at radius 3 is 2.78 bits per heavy atom. The first-order valence-corrected chi connectivity index (χ1v) is 5.39. The molecule has 3 heteroatoms. The third kappa shape index (κ3) is 2.06. The number of hydrogen-bond donors (Lipinski definition) is 1. The molecule has 1 N–H and O–H groups in total. The zero-order valence-electron chi connectivity index (χ0n) is 5.54. The zero-order valence-corrected chi connectivity index (χ0v) is 7.17. The fourth-order valence-electron chi connectivity index (χ4n) is 0.980. The predicted molar refractivity (Wildman–Crippen MR) is 45.0 cm³/mol. The van der Waals surface area contributed by atoms with Crippen LogP contribution in [-0.2, 0) is 0 Å². The summed E-state index contributed by atoms with van der Waals surface area (Å²) in [5, 5.41) is 9.28. The Balaban J connectivity index is 2.20. The van der Waals surface area contributed by atoms with Crippen molar-refractivity contribution < 1.29 is 5.11 Å². The third-order valence-corrected chi connectivity index (χ3v) is 4.52. The third-order valence-electron chi connectivity index (χ3n) is 1.54. The first-order valence-electron chi connectivity index (χ1n) is 3.16. The average molecular weight is 164 g/mol. The highest BCUT2D eigenvalue weighted by Crippen LogP contribution is 2.38. The fraction of sp³-hybridized carbons (Fsp3) is 1.00. The maximum atomic E-state index is 8.75. The van der Waals surface area contributed by atoms with Gasteiger partial charge in [0.15, 0.2) is 0 Å². The van der Waals surface area contributed by atoms with Gasteiger partial charge < -0.3 is 5.11 Å². The van der Waals surface area contributed by atoms with Gasteiger partial charge in [-0.1, -0.05) is 0 Å². The van der Waals surface area contributed by atoms with E-state index in [4.69, 9.17) is 5.11 Å². The van der Waals surface area contributed by atoms with Crippen molar-refractivity contribution >= 4 is 23.5 Å². The van der Waals surface area contributed by atoms with E-state index < -0.39 is 0 Å². The zero-order chi connectivity index (χ0) is 6.69. The molecule has 54 valence electrons. The molecule has 0 aromatic heterocycles. The molecule has 0 saturated carbocycles. The summed E-state index contributed by atoms with van der Waals surface area (Å²) in [7, 11) is 0. The van der Waals surface area contributed by atoms with E-state index in [0.717, 1.165) is 4.58 Å². The lowest BCUT2D eigenvalue weighted by atomic mass is 10.3. The van der Waals surface area contributed by atoms with Crippen LogP contribution in [0, 0.1) is 0 Å². The van der Waals surface area contributed by atoms with Crippen LogP contribution in [0.25, 0.3) is 0 Å². The molecule has 0 aliphatic carbocycles. The standard InChI is InChI=1S/C6H12OS2/c1-8-6-3-2-5(4-7)9-6/h5-7H,2-4H2,1H3.